The van der Waals surface area contributed by atoms with Gasteiger partial charge in [0.1, 0.15) is 0 Å². The first-order valence-electron chi connectivity index (χ1n) is 12.3. The van der Waals surface area contributed by atoms with Gasteiger partial charge in [-0.1, -0.05) is 49.2 Å². The maximum absolute atomic E-state index is 14.0. The van der Waals surface area contributed by atoms with Gasteiger partial charge < -0.3 is 20.9 Å². The minimum absolute atomic E-state index is 0.0825. The second-order valence-electron chi connectivity index (χ2n) is 9.66. The first-order chi connectivity index (χ1) is 16.2. The summed E-state index contributed by atoms with van der Waals surface area (Å²) in [6.07, 6.45) is 4.78. The van der Waals surface area contributed by atoms with Crippen LogP contribution in [0.5, 0.6) is 0 Å². The highest BCUT2D eigenvalue weighted by molar-refractivity contribution is 5.94. The van der Waals surface area contributed by atoms with Gasteiger partial charge >= 0.3 is 0 Å². The zero-order chi connectivity index (χ0) is 22.8. The van der Waals surface area contributed by atoms with Crippen molar-refractivity contribution in [3.63, 3.8) is 0 Å². The average Bonchev–Trinajstić information content (AvgIpc) is 3.31. The van der Waals surface area contributed by atoms with Crippen LogP contribution in [-0.4, -0.2) is 48.9 Å². The molecule has 2 heterocycles. The van der Waals surface area contributed by atoms with E-state index in [9.17, 15) is 9.59 Å². The molecule has 3 N–H and O–H groups in total. The molecular formula is C27H34N4O2. The molecule has 1 unspecified atom stereocenters. The summed E-state index contributed by atoms with van der Waals surface area (Å²) < 4.78 is 0. The van der Waals surface area contributed by atoms with Crippen LogP contribution < -0.4 is 16.0 Å². The zero-order valence-corrected chi connectivity index (χ0v) is 19.3. The molecule has 2 aromatic rings. The fourth-order valence-corrected chi connectivity index (χ4v) is 6.15. The summed E-state index contributed by atoms with van der Waals surface area (Å²) in [6, 6.07) is 18.0. The molecule has 1 saturated heterocycles. The fourth-order valence-electron chi connectivity index (χ4n) is 6.15. The van der Waals surface area contributed by atoms with E-state index in [4.69, 9.17) is 0 Å². The number of rotatable bonds is 5. The third kappa shape index (κ3) is 4.24. The number of hydrogen-bond donors (Lipinski definition) is 3. The largest absolute Gasteiger partial charge is 0.380 e. The number of benzene rings is 2. The Morgan fingerprint density at radius 1 is 1.00 bits per heavy atom. The molecule has 2 aromatic carbocycles. The number of likely N-dealkylation sites (N-methyl/N-ethyl adjacent to an activating group) is 1. The molecule has 5 atom stereocenters. The second-order valence-corrected chi connectivity index (χ2v) is 9.66. The van der Waals surface area contributed by atoms with E-state index in [1.54, 1.807) is 0 Å². The Bertz CT molecular complexity index is 995. The number of nitrogens with zero attached hydrogens (tertiary/aromatic N) is 1. The summed E-state index contributed by atoms with van der Waals surface area (Å²) >= 11 is 0. The molecule has 0 radical (unpaired) electrons. The van der Waals surface area contributed by atoms with E-state index in [1.165, 1.54) is 5.56 Å². The molecule has 5 rings (SSSR count). The van der Waals surface area contributed by atoms with Crippen LogP contribution in [0.15, 0.2) is 54.6 Å². The van der Waals surface area contributed by atoms with Crippen LogP contribution >= 0.6 is 0 Å². The zero-order valence-electron chi connectivity index (χ0n) is 19.3. The Morgan fingerprint density at radius 3 is 2.58 bits per heavy atom. The summed E-state index contributed by atoms with van der Waals surface area (Å²) in [5, 5.41) is 10.2. The minimum atomic E-state index is -0.157. The van der Waals surface area contributed by atoms with Crippen molar-refractivity contribution < 1.29 is 9.59 Å². The average molecular weight is 447 g/mol. The number of anilines is 1. The normalized spacial score (nSPS) is 28.4. The number of carbonyl (C=O) groups is 2. The predicted molar refractivity (Wildman–Crippen MR) is 130 cm³/mol. The molecule has 1 aliphatic carbocycles. The van der Waals surface area contributed by atoms with E-state index < -0.39 is 0 Å². The molecule has 3 aliphatic rings. The third-order valence-electron chi connectivity index (χ3n) is 7.72. The van der Waals surface area contributed by atoms with Gasteiger partial charge in [-0.25, -0.2) is 0 Å². The van der Waals surface area contributed by atoms with Crippen LogP contribution in [0.4, 0.5) is 5.69 Å². The quantitative estimate of drug-likeness (QED) is 0.656. The first kappa shape index (κ1) is 22.0. The van der Waals surface area contributed by atoms with Gasteiger partial charge in [0.05, 0.1) is 12.0 Å². The standard InChI is InChI=1S/C27H34N4O2/c1-28-17-24-20-15-16-31(25(20)19-11-5-7-13-22(19)29-24)27(33)21-12-6-8-14-23(21)30-26(32)18-9-3-2-4-10-18/h2-5,7,9-11,13,20-21,23-25,28-29H,6,8,12,14-17H2,1H3,(H,30,32)/t20?,21-,23+,24-,25-/m0/s1. The number of para-hydroxylation sites is 1. The van der Waals surface area contributed by atoms with Crippen LogP contribution in [0.25, 0.3) is 0 Å². The molecule has 0 aromatic heterocycles. The molecule has 2 aliphatic heterocycles. The Kier molecular flexibility index (Phi) is 6.36. The van der Waals surface area contributed by atoms with Crippen molar-refractivity contribution in [1.29, 1.82) is 0 Å². The Balaban J connectivity index is 1.38. The fraction of sp³-hybridized carbons (Fsp3) is 0.481. The van der Waals surface area contributed by atoms with Gasteiger partial charge in [0.2, 0.25) is 5.91 Å². The second kappa shape index (κ2) is 9.56. The smallest absolute Gasteiger partial charge is 0.251 e. The van der Waals surface area contributed by atoms with E-state index in [0.29, 0.717) is 17.5 Å². The lowest BCUT2D eigenvalue weighted by molar-refractivity contribution is -0.138. The van der Waals surface area contributed by atoms with Crippen molar-refractivity contribution in [2.24, 2.45) is 11.8 Å². The molecule has 6 nitrogen and oxygen atoms in total. The number of amides is 2. The third-order valence-corrected chi connectivity index (χ3v) is 7.72. The topological polar surface area (TPSA) is 73.5 Å². The van der Waals surface area contributed by atoms with Crippen molar-refractivity contribution in [3.05, 3.63) is 65.7 Å². The molecule has 33 heavy (non-hydrogen) atoms. The highest BCUT2D eigenvalue weighted by Gasteiger charge is 2.47. The lowest BCUT2D eigenvalue weighted by atomic mass is 9.81. The Morgan fingerprint density at radius 2 is 1.76 bits per heavy atom. The van der Waals surface area contributed by atoms with E-state index in [1.807, 2.05) is 37.4 Å². The Labute approximate surface area is 196 Å². The van der Waals surface area contributed by atoms with E-state index >= 15 is 0 Å². The molecule has 1 saturated carbocycles. The van der Waals surface area contributed by atoms with Gasteiger partial charge in [-0.2, -0.15) is 0 Å². The van der Waals surface area contributed by atoms with Crippen LogP contribution in [0.2, 0.25) is 0 Å². The monoisotopic (exact) mass is 446 g/mol. The van der Waals surface area contributed by atoms with Crippen molar-refractivity contribution in [2.45, 2.75) is 50.2 Å². The first-order valence-corrected chi connectivity index (χ1v) is 12.3. The summed E-state index contributed by atoms with van der Waals surface area (Å²) in [5.41, 5.74) is 3.01. The number of nitrogens with one attached hydrogen (secondary N) is 3. The summed E-state index contributed by atoms with van der Waals surface area (Å²) in [5.74, 6) is 0.355. The van der Waals surface area contributed by atoms with Gasteiger partial charge in [-0.3, -0.25) is 9.59 Å². The lowest BCUT2D eigenvalue weighted by Crippen LogP contribution is -2.51. The van der Waals surface area contributed by atoms with Gasteiger partial charge in [0, 0.05) is 42.3 Å². The van der Waals surface area contributed by atoms with E-state index in [-0.39, 0.29) is 29.8 Å². The van der Waals surface area contributed by atoms with Gasteiger partial charge in [-0.05, 0) is 50.1 Å². The minimum Gasteiger partial charge on any atom is -0.380 e. The summed E-state index contributed by atoms with van der Waals surface area (Å²) in [4.78, 5) is 29.0. The number of likely N-dealkylation sites (tertiary alicyclic amines) is 1. The molecule has 0 spiro atoms. The van der Waals surface area contributed by atoms with Crippen molar-refractivity contribution in [1.82, 2.24) is 15.5 Å². The van der Waals surface area contributed by atoms with Crippen molar-refractivity contribution in [3.8, 4) is 0 Å². The lowest BCUT2D eigenvalue weighted by Gasteiger charge is -2.42. The van der Waals surface area contributed by atoms with Gasteiger partial charge in [0.15, 0.2) is 0 Å². The molecule has 174 valence electrons. The van der Waals surface area contributed by atoms with Crippen molar-refractivity contribution in [2.75, 3.05) is 25.5 Å². The van der Waals surface area contributed by atoms with Gasteiger partial charge in [0.25, 0.3) is 5.91 Å². The van der Waals surface area contributed by atoms with E-state index in [2.05, 4.69) is 45.1 Å². The Hall–Kier alpha value is -2.86. The predicted octanol–water partition coefficient (Wildman–Crippen LogP) is 3.58. The molecule has 0 bridgehead atoms. The van der Waals surface area contributed by atoms with Crippen molar-refractivity contribution >= 4 is 17.5 Å². The number of fused-ring (bicyclic) bond motifs is 3. The SMILES string of the molecule is CNC[C@@H]1Nc2ccccc2[C@H]2C1CCN2C(=O)[C@H]1CCCC[C@H]1NC(=O)c1ccccc1. The molecule has 2 amide bonds. The summed E-state index contributed by atoms with van der Waals surface area (Å²) in [7, 11) is 1.98. The summed E-state index contributed by atoms with van der Waals surface area (Å²) in [6.45, 7) is 1.65. The van der Waals surface area contributed by atoms with Crippen LogP contribution in [0.1, 0.15) is 54.1 Å². The maximum Gasteiger partial charge on any atom is 0.251 e. The highest BCUT2D eigenvalue weighted by atomic mass is 16.2. The number of hydrogen-bond acceptors (Lipinski definition) is 4. The molecular weight excluding hydrogens is 412 g/mol. The van der Waals surface area contributed by atoms with E-state index in [0.717, 1.165) is 50.9 Å². The maximum atomic E-state index is 14.0. The van der Waals surface area contributed by atoms with Gasteiger partial charge in [-0.15, -0.1) is 0 Å². The molecule has 6 heteroatoms. The van der Waals surface area contributed by atoms with Crippen LogP contribution in [0.3, 0.4) is 0 Å². The van der Waals surface area contributed by atoms with Crippen LogP contribution in [-0.2, 0) is 4.79 Å². The highest BCUT2D eigenvalue weighted by Crippen LogP contribution is 2.47. The van der Waals surface area contributed by atoms with Crippen LogP contribution in [0, 0.1) is 11.8 Å². The molecule has 2 fully saturated rings. The number of carbonyl (C=O) groups excluding carboxylic acids is 2.